The van der Waals surface area contributed by atoms with Crippen LogP contribution in [0.15, 0.2) is 166 Å². The number of ether oxygens (including phenoxy) is 12. The molecule has 0 fully saturated rings. The van der Waals surface area contributed by atoms with Gasteiger partial charge < -0.3 is 87.6 Å². The summed E-state index contributed by atoms with van der Waals surface area (Å²) in [6, 6.07) is 23.0. The van der Waals surface area contributed by atoms with E-state index in [-0.39, 0.29) is 69.0 Å². The zero-order valence-corrected chi connectivity index (χ0v) is 86.8. The van der Waals surface area contributed by atoms with Crippen molar-refractivity contribution in [3.8, 4) is 137 Å². The van der Waals surface area contributed by atoms with Crippen molar-refractivity contribution in [2.24, 2.45) is 7.05 Å². The first-order valence-electron chi connectivity index (χ1n) is 43.5. The Labute approximate surface area is 856 Å². The Hall–Kier alpha value is -14.1. The number of aromatic nitrogens is 13. The number of hydrogen-bond donors (Lipinski definition) is 4. The van der Waals surface area contributed by atoms with Gasteiger partial charge in [-0.1, -0.05) is 39.3 Å². The Morgan fingerprint density at radius 1 is 0.374 bits per heavy atom. The molecule has 51 heteroatoms. The number of nitrogens with one attached hydrogen (secondary N) is 4. The Bertz CT molecular complexity index is 6540. The van der Waals surface area contributed by atoms with Gasteiger partial charge in [-0.15, -0.1) is 79.0 Å². The molecule has 792 valence electrons. The third kappa shape index (κ3) is 34.2. The summed E-state index contributed by atoms with van der Waals surface area (Å²) in [7, 11) is 18.8. The van der Waals surface area contributed by atoms with E-state index < -0.39 is 38.2 Å². The number of alkyl halides is 18. The lowest BCUT2D eigenvalue weighted by Crippen LogP contribution is -2.20. The summed E-state index contributed by atoms with van der Waals surface area (Å²) < 4.78 is 280. The Morgan fingerprint density at radius 2 is 0.701 bits per heavy atom. The minimum absolute atomic E-state index is 0.185. The van der Waals surface area contributed by atoms with Crippen LogP contribution in [-0.2, 0) is 7.05 Å². The molecule has 6 aromatic carbocycles. The molecule has 0 aliphatic carbocycles. The molecule has 0 amide bonds. The van der Waals surface area contributed by atoms with Crippen LogP contribution in [0.3, 0.4) is 0 Å². The third-order valence-electron chi connectivity index (χ3n) is 20.7. The molecule has 7 heterocycles. The molecule has 0 atom stereocenters. The average Bonchev–Trinajstić information content (AvgIpc) is 1.54. The van der Waals surface area contributed by atoms with Crippen LogP contribution in [0.1, 0.15) is 87.6 Å². The SMILES string of the molecule is CCC(=CCN(C)c1nc(-c2ccc(OC(F)(F)F)cc2OC)c(C)nc1Br)CC.CCC(CC)c1cn(C)c2nc(-c3ccc(OC(F)(F)F)cc3OC)c(C)nc12.CNc1cnc(Br)c(-c2ccc(OC(F)(F)F)cc2OC)n1.CNc1cnc(C)c(-c2ccc(OC(F)(F)F)cc2OC)n1.CNc1cncc(-c2ccc(OC(F)(F)F)cc2OC)n1.CNc1nc(-c2ccc(OC(F)(F)F)cc2OC)c(C)nc1Br. The molecule has 13 aromatic rings. The number of likely N-dealkylation sites (N-methyl/N-ethyl adjacent to an activating group) is 1. The molecule has 0 aliphatic rings. The Balaban J connectivity index is 0.000000216. The van der Waals surface area contributed by atoms with Crippen molar-refractivity contribution in [2.45, 2.75) is 125 Å². The zero-order valence-electron chi connectivity index (χ0n) is 82.1. The van der Waals surface area contributed by atoms with E-state index in [4.69, 9.17) is 43.4 Å². The zero-order chi connectivity index (χ0) is 109. The van der Waals surface area contributed by atoms with Gasteiger partial charge in [0.15, 0.2) is 17.3 Å². The maximum absolute atomic E-state index is 12.5. The normalized spacial score (nSPS) is 11.4. The van der Waals surface area contributed by atoms with Gasteiger partial charge >= 0.3 is 38.2 Å². The van der Waals surface area contributed by atoms with E-state index in [2.05, 4.69) is 182 Å². The van der Waals surface area contributed by atoms with Crippen LogP contribution in [0, 0.1) is 27.7 Å². The van der Waals surface area contributed by atoms with Crippen molar-refractivity contribution in [2.75, 3.05) is 111 Å². The molecule has 13 rings (SSSR count). The van der Waals surface area contributed by atoms with Gasteiger partial charge in [-0.2, -0.15) is 0 Å². The number of methoxy groups -OCH3 is 6. The van der Waals surface area contributed by atoms with Gasteiger partial charge in [0.25, 0.3) is 0 Å². The van der Waals surface area contributed by atoms with Crippen LogP contribution in [0.4, 0.5) is 108 Å². The monoisotopic (exact) mass is 2270 g/mol. The number of hydrogen-bond acceptors (Lipinski definition) is 29. The Kier molecular flexibility index (Phi) is 42.0. The van der Waals surface area contributed by atoms with E-state index in [1.807, 2.05) is 30.5 Å². The molecule has 0 spiro atoms. The molecular formula is C96H99Br3F18N18O12. The quantitative estimate of drug-likeness (QED) is 0.0240. The fourth-order valence-electron chi connectivity index (χ4n) is 13.9. The van der Waals surface area contributed by atoms with Crippen LogP contribution in [0.2, 0.25) is 0 Å². The maximum atomic E-state index is 12.5. The molecule has 7 aromatic heterocycles. The number of aryl methyl sites for hydroxylation is 5. The number of anilines is 5. The van der Waals surface area contributed by atoms with Crippen molar-refractivity contribution in [1.82, 2.24) is 64.4 Å². The summed E-state index contributed by atoms with van der Waals surface area (Å²) in [5.41, 5.74) is 12.7. The lowest BCUT2D eigenvalue weighted by Gasteiger charge is -2.20. The van der Waals surface area contributed by atoms with Crippen LogP contribution in [0.25, 0.3) is 78.7 Å². The van der Waals surface area contributed by atoms with Gasteiger partial charge in [-0.05, 0) is 180 Å². The number of halogens is 21. The van der Waals surface area contributed by atoms with Crippen LogP contribution in [-0.4, -0.2) is 187 Å². The topological polar surface area (TPSA) is 322 Å². The summed E-state index contributed by atoms with van der Waals surface area (Å²) >= 11 is 10.0. The van der Waals surface area contributed by atoms with Crippen molar-refractivity contribution in [1.29, 1.82) is 0 Å². The molecule has 4 N–H and O–H groups in total. The van der Waals surface area contributed by atoms with Gasteiger partial charge in [-0.3, -0.25) is 9.97 Å². The van der Waals surface area contributed by atoms with E-state index in [0.717, 1.165) is 66.7 Å². The molecule has 0 bridgehead atoms. The van der Waals surface area contributed by atoms with Crippen LogP contribution >= 0.6 is 47.8 Å². The highest BCUT2D eigenvalue weighted by molar-refractivity contribution is 9.11. The molecular weight excluding hydrogens is 2180 g/mol. The van der Waals surface area contributed by atoms with Crippen LogP contribution in [0.5, 0.6) is 69.0 Å². The van der Waals surface area contributed by atoms with Gasteiger partial charge in [0, 0.05) is 130 Å². The predicted octanol–water partition coefficient (Wildman–Crippen LogP) is 26.6. The average molecular weight is 2280 g/mol. The summed E-state index contributed by atoms with van der Waals surface area (Å²) in [5.74, 6) is 2.19. The second-order valence-electron chi connectivity index (χ2n) is 30.4. The number of rotatable bonds is 30. The smallest absolute Gasteiger partial charge is 0.496 e. The van der Waals surface area contributed by atoms with Crippen LogP contribution < -0.4 is 83.0 Å². The van der Waals surface area contributed by atoms with Crippen molar-refractivity contribution < 1.29 is 136 Å². The second-order valence-corrected chi connectivity index (χ2v) is 32.6. The maximum Gasteiger partial charge on any atom is 0.573 e. The molecule has 0 unspecified atom stereocenters. The van der Waals surface area contributed by atoms with E-state index in [1.165, 1.54) is 152 Å². The molecule has 147 heavy (non-hydrogen) atoms. The summed E-state index contributed by atoms with van der Waals surface area (Å²) in [5, 5.41) is 11.4. The molecule has 0 saturated heterocycles. The highest BCUT2D eigenvalue weighted by Gasteiger charge is 2.38. The fourth-order valence-corrected chi connectivity index (χ4v) is 15.5. The highest BCUT2D eigenvalue weighted by atomic mass is 79.9. The third-order valence-corrected chi connectivity index (χ3v) is 22.4. The standard InChI is InChI=1S/C21H25BrF3N3O2.C21H24F3N3O2.C14H13BrF3N3O2.C14H14F3N3O2.C13H11BrF3N3O2.C13H12F3N3O2/c1-6-14(7-2)10-11-28(4)20-19(22)26-13(3)18(27-20)16-9-8-15(12-17(16)29-5)30-21(23,24)25;1-6-13(7-2)16-11-27(4)20-19(16)25-12(3)18(26-20)15-9-8-14(10-17(15)28-5)29-21(22,23)24;1-7-11(21-13(19-2)12(15)20-7)9-5-4-8(6-10(9)22-3)23-14(16,17)18;1-8-13(20-12(18-2)7-19-8)10-5-4-9(6-11(10)21-3)22-14(15,16)17;1-18-10-6-19-12(14)11(20-10)8-4-3-7(5-9(8)21-2)22-13(15,16)17;1-17-12-7-18-6-10(19-12)9-4-3-8(5-11(9)20-2)21-13(14,15)16/h8-10,12H,6-7,11H2,1-5H3;8-11,13H,6-7H2,1-5H3;4-6H,1-3H3,(H,19,21);4-7H,1-3H3,(H,18,20);3-6H,1-2H3,(H,18,20);3-7H,1-2H3,(H,17,19). The first-order valence-corrected chi connectivity index (χ1v) is 45.9. The number of nitrogens with zero attached hydrogens (tertiary/aromatic N) is 14. The van der Waals surface area contributed by atoms with Gasteiger partial charge in [0.1, 0.15) is 111 Å². The van der Waals surface area contributed by atoms with Crippen molar-refractivity contribution in [3.05, 3.63) is 194 Å². The highest BCUT2D eigenvalue weighted by Crippen LogP contribution is 2.45. The van der Waals surface area contributed by atoms with Gasteiger partial charge in [0.2, 0.25) is 0 Å². The first kappa shape index (κ1) is 118. The molecule has 0 aliphatic heterocycles. The number of benzene rings is 6. The second kappa shape index (κ2) is 52.3. The molecule has 0 saturated carbocycles. The summed E-state index contributed by atoms with van der Waals surface area (Å²) in [6.45, 7) is 16.3. The van der Waals surface area contributed by atoms with E-state index in [9.17, 15) is 79.0 Å². The lowest BCUT2D eigenvalue weighted by molar-refractivity contribution is -0.275. The van der Waals surface area contributed by atoms with E-state index in [0.29, 0.717) is 146 Å². The molecule has 30 nitrogen and oxygen atoms in total. The lowest BCUT2D eigenvalue weighted by atomic mass is 9.95. The van der Waals surface area contributed by atoms with E-state index in [1.54, 1.807) is 55.2 Å². The summed E-state index contributed by atoms with van der Waals surface area (Å²) in [6.07, 6.45) is -14.3. The minimum Gasteiger partial charge on any atom is -0.496 e. The number of fused-ring (bicyclic) bond motifs is 1. The van der Waals surface area contributed by atoms with Crippen molar-refractivity contribution >= 4 is 88.0 Å². The molecule has 0 radical (unpaired) electrons. The number of allylic oxidation sites excluding steroid dienone is 1. The van der Waals surface area contributed by atoms with Gasteiger partial charge in [-0.25, -0.2) is 49.8 Å². The summed E-state index contributed by atoms with van der Waals surface area (Å²) in [4.78, 5) is 54.7. The van der Waals surface area contributed by atoms with Gasteiger partial charge in [0.05, 0.1) is 119 Å². The fraction of sp³-hybridized carbons (Fsp3) is 0.333. The first-order chi connectivity index (χ1) is 69.1. The largest absolute Gasteiger partial charge is 0.573 e. The van der Waals surface area contributed by atoms with Crippen molar-refractivity contribution in [3.63, 3.8) is 0 Å². The minimum atomic E-state index is -4.78. The predicted molar refractivity (Wildman–Crippen MR) is 526 cm³/mol. The van der Waals surface area contributed by atoms with E-state index >= 15 is 0 Å². The Morgan fingerprint density at radius 3 is 1.06 bits per heavy atom.